The SMILES string of the molecule is CCCCC(CC)C(=O)NCC(O)c1ccccc1. The van der Waals surface area contributed by atoms with Crippen LogP contribution in [0.2, 0.25) is 0 Å². The second-order valence-corrected chi connectivity index (χ2v) is 4.92. The first kappa shape index (κ1) is 15.7. The van der Waals surface area contributed by atoms with Crippen LogP contribution in [-0.4, -0.2) is 17.6 Å². The highest BCUT2D eigenvalue weighted by Gasteiger charge is 2.16. The first-order valence-electron chi connectivity index (χ1n) is 7.19. The number of rotatable bonds is 8. The fraction of sp³-hybridized carbons (Fsp3) is 0.562. The van der Waals surface area contributed by atoms with E-state index in [4.69, 9.17) is 0 Å². The van der Waals surface area contributed by atoms with E-state index in [0.29, 0.717) is 0 Å². The first-order chi connectivity index (χ1) is 9.19. The molecule has 1 rings (SSSR count). The summed E-state index contributed by atoms with van der Waals surface area (Å²) in [5.74, 6) is 0.133. The predicted octanol–water partition coefficient (Wildman–Crippen LogP) is 3.05. The minimum atomic E-state index is -0.631. The second-order valence-electron chi connectivity index (χ2n) is 4.92. The lowest BCUT2D eigenvalue weighted by atomic mass is 9.98. The molecule has 2 N–H and O–H groups in total. The number of aliphatic hydroxyl groups excluding tert-OH is 1. The lowest BCUT2D eigenvalue weighted by molar-refractivity contribution is -0.125. The maximum Gasteiger partial charge on any atom is 0.223 e. The van der Waals surface area contributed by atoms with Gasteiger partial charge >= 0.3 is 0 Å². The molecule has 2 atom stereocenters. The van der Waals surface area contributed by atoms with E-state index in [2.05, 4.69) is 12.2 Å². The van der Waals surface area contributed by atoms with Gasteiger partial charge in [-0.1, -0.05) is 57.0 Å². The number of amides is 1. The quantitative estimate of drug-likeness (QED) is 0.757. The third kappa shape index (κ3) is 5.43. The van der Waals surface area contributed by atoms with Crippen molar-refractivity contribution in [1.29, 1.82) is 0 Å². The van der Waals surface area contributed by atoms with Crippen molar-refractivity contribution in [3.8, 4) is 0 Å². The molecule has 106 valence electrons. The third-order valence-corrected chi connectivity index (χ3v) is 3.42. The van der Waals surface area contributed by atoms with Crippen LogP contribution in [0.5, 0.6) is 0 Å². The Morgan fingerprint density at radius 1 is 1.26 bits per heavy atom. The molecule has 0 radical (unpaired) electrons. The summed E-state index contributed by atoms with van der Waals surface area (Å²) >= 11 is 0. The summed E-state index contributed by atoms with van der Waals surface area (Å²) in [6, 6.07) is 9.41. The van der Waals surface area contributed by atoms with Gasteiger partial charge in [0.15, 0.2) is 0 Å². The maximum atomic E-state index is 12.0. The van der Waals surface area contributed by atoms with E-state index in [-0.39, 0.29) is 18.4 Å². The summed E-state index contributed by atoms with van der Waals surface area (Å²) in [5.41, 5.74) is 0.837. The van der Waals surface area contributed by atoms with Gasteiger partial charge in [-0.3, -0.25) is 4.79 Å². The van der Waals surface area contributed by atoms with E-state index in [1.165, 1.54) is 0 Å². The molecule has 2 unspecified atom stereocenters. The highest BCUT2D eigenvalue weighted by atomic mass is 16.3. The van der Waals surface area contributed by atoms with Crippen molar-refractivity contribution in [3.05, 3.63) is 35.9 Å². The predicted molar refractivity (Wildman–Crippen MR) is 77.7 cm³/mol. The monoisotopic (exact) mass is 263 g/mol. The maximum absolute atomic E-state index is 12.0. The molecule has 0 aromatic heterocycles. The summed E-state index contributed by atoms with van der Waals surface area (Å²) in [7, 11) is 0. The van der Waals surface area contributed by atoms with Gasteiger partial charge in [0.25, 0.3) is 0 Å². The summed E-state index contributed by atoms with van der Waals surface area (Å²) in [6.07, 6.45) is 3.34. The van der Waals surface area contributed by atoms with Crippen molar-refractivity contribution in [3.63, 3.8) is 0 Å². The van der Waals surface area contributed by atoms with Gasteiger partial charge in [-0.25, -0.2) is 0 Å². The van der Waals surface area contributed by atoms with Crippen LogP contribution in [0.25, 0.3) is 0 Å². The fourth-order valence-electron chi connectivity index (χ4n) is 2.11. The minimum Gasteiger partial charge on any atom is -0.387 e. The number of hydrogen-bond acceptors (Lipinski definition) is 2. The number of hydrogen-bond donors (Lipinski definition) is 2. The number of unbranched alkanes of at least 4 members (excludes halogenated alkanes) is 1. The van der Waals surface area contributed by atoms with Crippen molar-refractivity contribution in [2.75, 3.05) is 6.54 Å². The van der Waals surface area contributed by atoms with Gasteiger partial charge in [0.1, 0.15) is 0 Å². The van der Waals surface area contributed by atoms with Crippen LogP contribution in [0.3, 0.4) is 0 Å². The standard InChI is InChI=1S/C16H25NO2/c1-3-5-9-13(4-2)16(19)17-12-15(18)14-10-7-6-8-11-14/h6-8,10-11,13,15,18H,3-5,9,12H2,1-2H3,(H,17,19). The van der Waals surface area contributed by atoms with Gasteiger partial charge in [-0.15, -0.1) is 0 Å². The minimum absolute atomic E-state index is 0.0610. The molecule has 19 heavy (non-hydrogen) atoms. The lowest BCUT2D eigenvalue weighted by Crippen LogP contribution is -2.33. The Bertz CT molecular complexity index is 364. The van der Waals surface area contributed by atoms with E-state index in [9.17, 15) is 9.90 Å². The molecule has 3 nitrogen and oxygen atoms in total. The van der Waals surface area contributed by atoms with Gasteiger partial charge in [0, 0.05) is 12.5 Å². The molecule has 0 fully saturated rings. The molecule has 0 aliphatic carbocycles. The number of aliphatic hydroxyl groups is 1. The number of carbonyl (C=O) groups excluding carboxylic acids is 1. The summed E-state index contributed by atoms with van der Waals surface area (Å²) in [4.78, 5) is 12.0. The van der Waals surface area contributed by atoms with Crippen LogP contribution in [0.15, 0.2) is 30.3 Å². The third-order valence-electron chi connectivity index (χ3n) is 3.42. The van der Waals surface area contributed by atoms with Crippen molar-refractivity contribution in [2.24, 2.45) is 5.92 Å². The lowest BCUT2D eigenvalue weighted by Gasteiger charge is -2.17. The number of nitrogens with one attached hydrogen (secondary N) is 1. The van der Waals surface area contributed by atoms with E-state index >= 15 is 0 Å². The average molecular weight is 263 g/mol. The highest BCUT2D eigenvalue weighted by Crippen LogP contribution is 2.14. The molecule has 0 aliphatic rings. The molecular weight excluding hydrogens is 238 g/mol. The summed E-state index contributed by atoms with van der Waals surface area (Å²) in [6.45, 7) is 4.45. The van der Waals surface area contributed by atoms with Crippen LogP contribution >= 0.6 is 0 Å². The molecule has 3 heteroatoms. The zero-order valence-corrected chi connectivity index (χ0v) is 11.9. The molecule has 0 saturated heterocycles. The molecule has 1 aromatic rings. The molecule has 0 heterocycles. The van der Waals surface area contributed by atoms with Gasteiger partial charge in [0.2, 0.25) is 5.91 Å². The first-order valence-corrected chi connectivity index (χ1v) is 7.19. The second kappa shape index (κ2) is 8.70. The zero-order valence-electron chi connectivity index (χ0n) is 11.9. The van der Waals surface area contributed by atoms with Gasteiger partial charge in [0.05, 0.1) is 6.10 Å². The average Bonchev–Trinajstić information content (AvgIpc) is 2.46. The molecule has 0 bridgehead atoms. The Hall–Kier alpha value is -1.35. The Kier molecular flexibility index (Phi) is 7.19. The van der Waals surface area contributed by atoms with Gasteiger partial charge < -0.3 is 10.4 Å². The highest BCUT2D eigenvalue weighted by molar-refractivity contribution is 5.78. The van der Waals surface area contributed by atoms with Gasteiger partial charge in [-0.2, -0.15) is 0 Å². The Morgan fingerprint density at radius 2 is 1.95 bits per heavy atom. The molecular formula is C16H25NO2. The van der Waals surface area contributed by atoms with E-state index in [1.807, 2.05) is 37.3 Å². The normalized spacial score (nSPS) is 13.8. The molecule has 0 spiro atoms. The summed E-state index contributed by atoms with van der Waals surface area (Å²) < 4.78 is 0. The summed E-state index contributed by atoms with van der Waals surface area (Å²) in [5, 5.41) is 12.8. The van der Waals surface area contributed by atoms with Crippen LogP contribution in [0.4, 0.5) is 0 Å². The number of carbonyl (C=O) groups is 1. The van der Waals surface area contributed by atoms with Crippen molar-refractivity contribution >= 4 is 5.91 Å². The van der Waals surface area contributed by atoms with E-state index in [0.717, 1.165) is 31.2 Å². The molecule has 1 aromatic carbocycles. The van der Waals surface area contributed by atoms with E-state index in [1.54, 1.807) is 0 Å². The smallest absolute Gasteiger partial charge is 0.223 e. The van der Waals surface area contributed by atoms with Crippen LogP contribution in [-0.2, 0) is 4.79 Å². The zero-order chi connectivity index (χ0) is 14.1. The molecule has 1 amide bonds. The Labute approximate surface area is 116 Å². The van der Waals surface area contributed by atoms with Crippen LogP contribution in [0.1, 0.15) is 51.2 Å². The van der Waals surface area contributed by atoms with Crippen LogP contribution < -0.4 is 5.32 Å². The Balaban J connectivity index is 2.40. The topological polar surface area (TPSA) is 49.3 Å². The Morgan fingerprint density at radius 3 is 2.53 bits per heavy atom. The fourth-order valence-corrected chi connectivity index (χ4v) is 2.11. The largest absolute Gasteiger partial charge is 0.387 e. The number of benzene rings is 1. The van der Waals surface area contributed by atoms with Crippen LogP contribution in [0, 0.1) is 5.92 Å². The van der Waals surface area contributed by atoms with E-state index < -0.39 is 6.10 Å². The van der Waals surface area contributed by atoms with Gasteiger partial charge in [-0.05, 0) is 18.4 Å². The molecule has 0 saturated carbocycles. The molecule has 0 aliphatic heterocycles. The van der Waals surface area contributed by atoms with Crippen molar-refractivity contribution in [2.45, 2.75) is 45.6 Å². The van der Waals surface area contributed by atoms with Crippen molar-refractivity contribution in [1.82, 2.24) is 5.32 Å². The van der Waals surface area contributed by atoms with Crippen molar-refractivity contribution < 1.29 is 9.90 Å².